The van der Waals surface area contributed by atoms with E-state index in [0.29, 0.717) is 29.4 Å². The van der Waals surface area contributed by atoms with Crippen LogP contribution in [0.4, 0.5) is 0 Å². The Morgan fingerprint density at radius 1 is 1.44 bits per heavy atom. The van der Waals surface area contributed by atoms with Crippen molar-refractivity contribution in [2.75, 3.05) is 13.1 Å². The highest BCUT2D eigenvalue weighted by molar-refractivity contribution is 6.42. The number of hydrogen-bond acceptors (Lipinski definition) is 2. The molecule has 3 nitrogen and oxygen atoms in total. The van der Waals surface area contributed by atoms with Crippen LogP contribution in [0.15, 0.2) is 18.2 Å². The van der Waals surface area contributed by atoms with E-state index in [1.807, 2.05) is 17.0 Å². The molecule has 1 aliphatic heterocycles. The maximum Gasteiger partial charge on any atom is 0.222 e. The highest BCUT2D eigenvalue weighted by Crippen LogP contribution is 2.26. The van der Waals surface area contributed by atoms with E-state index in [4.69, 9.17) is 28.9 Å². The summed E-state index contributed by atoms with van der Waals surface area (Å²) in [6, 6.07) is 5.62. The molecule has 1 amide bonds. The van der Waals surface area contributed by atoms with E-state index >= 15 is 0 Å². The number of hydrogen-bond donors (Lipinski definition) is 1. The van der Waals surface area contributed by atoms with Crippen molar-refractivity contribution in [2.24, 2.45) is 5.73 Å². The fourth-order valence-corrected chi connectivity index (χ4v) is 2.57. The number of likely N-dealkylation sites (tertiary alicyclic amines) is 1. The summed E-state index contributed by atoms with van der Waals surface area (Å²) in [5.74, 6) is 0.138. The maximum atomic E-state index is 12.0. The SMILES string of the molecule is NC1CCN(C(=O)CCc2cccc(Cl)c2Cl)C1. The Balaban J connectivity index is 1.91. The Bertz CT molecular complexity index is 451. The third-order valence-corrected chi connectivity index (χ3v) is 4.08. The molecular weight excluding hydrogens is 271 g/mol. The van der Waals surface area contributed by atoms with Gasteiger partial charge in [0.1, 0.15) is 0 Å². The number of nitrogens with two attached hydrogens (primary N) is 1. The first-order chi connectivity index (χ1) is 8.58. The average Bonchev–Trinajstić information content (AvgIpc) is 2.77. The van der Waals surface area contributed by atoms with Crippen molar-refractivity contribution in [3.63, 3.8) is 0 Å². The van der Waals surface area contributed by atoms with Crippen molar-refractivity contribution in [1.82, 2.24) is 4.90 Å². The molecular formula is C13H16Cl2N2O. The van der Waals surface area contributed by atoms with Gasteiger partial charge in [-0.3, -0.25) is 4.79 Å². The molecule has 1 aromatic rings. The predicted molar refractivity (Wildman–Crippen MR) is 74.0 cm³/mol. The molecule has 1 aliphatic rings. The molecule has 1 fully saturated rings. The van der Waals surface area contributed by atoms with Crippen LogP contribution in [-0.2, 0) is 11.2 Å². The van der Waals surface area contributed by atoms with E-state index in [2.05, 4.69) is 0 Å². The minimum atomic E-state index is 0.128. The molecule has 1 saturated heterocycles. The zero-order valence-corrected chi connectivity index (χ0v) is 11.5. The van der Waals surface area contributed by atoms with E-state index in [-0.39, 0.29) is 11.9 Å². The number of amides is 1. The van der Waals surface area contributed by atoms with Gasteiger partial charge in [-0.2, -0.15) is 0 Å². The van der Waals surface area contributed by atoms with E-state index < -0.39 is 0 Å². The van der Waals surface area contributed by atoms with Crippen LogP contribution in [0.1, 0.15) is 18.4 Å². The molecule has 0 aromatic heterocycles. The summed E-state index contributed by atoms with van der Waals surface area (Å²) in [5, 5.41) is 1.08. The quantitative estimate of drug-likeness (QED) is 0.928. The van der Waals surface area contributed by atoms with E-state index in [9.17, 15) is 4.79 Å². The molecule has 2 rings (SSSR count). The Hall–Kier alpha value is -0.770. The molecule has 1 heterocycles. The lowest BCUT2D eigenvalue weighted by Gasteiger charge is -2.15. The molecule has 2 N–H and O–H groups in total. The second-order valence-electron chi connectivity index (χ2n) is 4.60. The highest BCUT2D eigenvalue weighted by atomic mass is 35.5. The molecule has 98 valence electrons. The summed E-state index contributed by atoms with van der Waals surface area (Å²) in [6.45, 7) is 1.44. The van der Waals surface area contributed by atoms with Crippen LogP contribution >= 0.6 is 23.2 Å². The summed E-state index contributed by atoms with van der Waals surface area (Å²) >= 11 is 12.0. The van der Waals surface area contributed by atoms with Gasteiger partial charge in [-0.15, -0.1) is 0 Å². The van der Waals surface area contributed by atoms with Gasteiger partial charge in [-0.25, -0.2) is 0 Å². The first-order valence-corrected chi connectivity index (χ1v) is 6.80. The topological polar surface area (TPSA) is 46.3 Å². The summed E-state index contributed by atoms with van der Waals surface area (Å²) < 4.78 is 0. The molecule has 0 radical (unpaired) electrons. The van der Waals surface area contributed by atoms with E-state index in [1.165, 1.54) is 0 Å². The van der Waals surface area contributed by atoms with Crippen LogP contribution < -0.4 is 5.73 Å². The van der Waals surface area contributed by atoms with Crippen LogP contribution in [0.3, 0.4) is 0 Å². The summed E-state index contributed by atoms with van der Waals surface area (Å²) in [7, 11) is 0. The fourth-order valence-electron chi connectivity index (χ4n) is 2.16. The zero-order valence-electron chi connectivity index (χ0n) is 10.0. The Morgan fingerprint density at radius 2 is 2.22 bits per heavy atom. The van der Waals surface area contributed by atoms with Gasteiger partial charge in [-0.1, -0.05) is 35.3 Å². The van der Waals surface area contributed by atoms with Crippen molar-refractivity contribution < 1.29 is 4.79 Å². The predicted octanol–water partition coefficient (Wildman–Crippen LogP) is 2.49. The van der Waals surface area contributed by atoms with Crippen molar-refractivity contribution in [3.8, 4) is 0 Å². The molecule has 1 aromatic carbocycles. The van der Waals surface area contributed by atoms with Gasteiger partial charge in [0.2, 0.25) is 5.91 Å². The highest BCUT2D eigenvalue weighted by Gasteiger charge is 2.23. The van der Waals surface area contributed by atoms with Gasteiger partial charge in [0.05, 0.1) is 10.0 Å². The van der Waals surface area contributed by atoms with Gasteiger partial charge in [0.15, 0.2) is 0 Å². The number of carbonyl (C=O) groups excluding carboxylic acids is 1. The third-order valence-electron chi connectivity index (χ3n) is 3.22. The molecule has 0 aliphatic carbocycles. The van der Waals surface area contributed by atoms with E-state index in [0.717, 1.165) is 18.5 Å². The minimum Gasteiger partial charge on any atom is -0.341 e. The zero-order chi connectivity index (χ0) is 13.1. The summed E-state index contributed by atoms with van der Waals surface area (Å²) in [5.41, 5.74) is 6.70. The van der Waals surface area contributed by atoms with Gasteiger partial charge in [0, 0.05) is 25.6 Å². The van der Waals surface area contributed by atoms with E-state index in [1.54, 1.807) is 6.07 Å². The lowest BCUT2D eigenvalue weighted by Crippen LogP contribution is -2.31. The van der Waals surface area contributed by atoms with Crippen LogP contribution in [-0.4, -0.2) is 29.9 Å². The summed E-state index contributed by atoms with van der Waals surface area (Å²) in [6.07, 6.45) is 1.96. The first-order valence-electron chi connectivity index (χ1n) is 6.04. The molecule has 5 heteroatoms. The van der Waals surface area contributed by atoms with Gasteiger partial charge in [0.25, 0.3) is 0 Å². The lowest BCUT2D eigenvalue weighted by atomic mass is 10.1. The lowest BCUT2D eigenvalue weighted by molar-refractivity contribution is -0.130. The standard InChI is InChI=1S/C13H16Cl2N2O/c14-11-3-1-2-9(13(11)15)4-5-12(18)17-7-6-10(16)8-17/h1-3,10H,4-8,16H2. The third kappa shape index (κ3) is 3.16. The average molecular weight is 287 g/mol. The Kier molecular flexibility index (Phi) is 4.49. The Morgan fingerprint density at radius 3 is 2.89 bits per heavy atom. The smallest absolute Gasteiger partial charge is 0.222 e. The molecule has 1 atom stereocenters. The largest absolute Gasteiger partial charge is 0.341 e. The molecule has 0 spiro atoms. The van der Waals surface area contributed by atoms with Gasteiger partial charge >= 0.3 is 0 Å². The van der Waals surface area contributed by atoms with Crippen LogP contribution in [0.5, 0.6) is 0 Å². The van der Waals surface area contributed by atoms with Crippen molar-refractivity contribution in [1.29, 1.82) is 0 Å². The second-order valence-corrected chi connectivity index (χ2v) is 5.39. The molecule has 1 unspecified atom stereocenters. The Labute approximate surface area is 117 Å². The number of halogens is 2. The number of carbonyl (C=O) groups is 1. The first kappa shape index (κ1) is 13.7. The monoisotopic (exact) mass is 286 g/mol. The van der Waals surface area contributed by atoms with Crippen molar-refractivity contribution >= 4 is 29.1 Å². The van der Waals surface area contributed by atoms with Crippen molar-refractivity contribution in [3.05, 3.63) is 33.8 Å². The molecule has 0 saturated carbocycles. The molecule has 0 bridgehead atoms. The normalized spacial score (nSPS) is 19.3. The van der Waals surface area contributed by atoms with Gasteiger partial charge < -0.3 is 10.6 Å². The number of benzene rings is 1. The molecule has 18 heavy (non-hydrogen) atoms. The number of rotatable bonds is 3. The van der Waals surface area contributed by atoms with Gasteiger partial charge in [-0.05, 0) is 24.5 Å². The number of nitrogens with zero attached hydrogens (tertiary/aromatic N) is 1. The second kappa shape index (κ2) is 5.91. The van der Waals surface area contributed by atoms with Crippen molar-refractivity contribution in [2.45, 2.75) is 25.3 Å². The summed E-state index contributed by atoms with van der Waals surface area (Å²) in [4.78, 5) is 13.8. The number of aryl methyl sites for hydroxylation is 1. The van der Waals surface area contributed by atoms with Crippen LogP contribution in [0, 0.1) is 0 Å². The maximum absolute atomic E-state index is 12.0. The van der Waals surface area contributed by atoms with Crippen LogP contribution in [0.2, 0.25) is 10.0 Å². The minimum absolute atomic E-state index is 0.128. The van der Waals surface area contributed by atoms with Crippen LogP contribution in [0.25, 0.3) is 0 Å². The fraction of sp³-hybridized carbons (Fsp3) is 0.462.